The molecule has 7 nitrogen and oxygen atoms in total. The zero-order valence-electron chi connectivity index (χ0n) is 12.4. The van der Waals surface area contributed by atoms with Crippen LogP contribution in [0.1, 0.15) is 26.7 Å². The van der Waals surface area contributed by atoms with Crippen molar-refractivity contribution in [1.29, 1.82) is 0 Å². The third kappa shape index (κ3) is 2.25. The summed E-state index contributed by atoms with van der Waals surface area (Å²) in [6.45, 7) is 2.51. The summed E-state index contributed by atoms with van der Waals surface area (Å²) in [4.78, 5) is 22.8. The minimum Gasteiger partial charge on any atom is -0.478 e. The fourth-order valence-electron chi connectivity index (χ4n) is 3.46. The van der Waals surface area contributed by atoms with E-state index in [1.54, 1.807) is 0 Å². The van der Waals surface area contributed by atoms with Crippen LogP contribution in [-0.4, -0.2) is 56.3 Å². The van der Waals surface area contributed by atoms with Gasteiger partial charge in [-0.15, -0.1) is 0 Å². The van der Waals surface area contributed by atoms with Crippen molar-refractivity contribution in [2.75, 3.05) is 6.61 Å². The van der Waals surface area contributed by atoms with E-state index in [4.69, 9.17) is 14.9 Å². The third-order valence-corrected chi connectivity index (χ3v) is 4.72. The van der Waals surface area contributed by atoms with Crippen LogP contribution < -0.4 is 0 Å². The molecule has 22 heavy (non-hydrogen) atoms. The largest absolute Gasteiger partial charge is 0.478 e. The van der Waals surface area contributed by atoms with Crippen molar-refractivity contribution in [3.8, 4) is 0 Å². The summed E-state index contributed by atoms with van der Waals surface area (Å²) in [6.07, 6.45) is 2.71. The molecule has 4 N–H and O–H groups in total. The SMILES string of the molecule is C[C@]12C[C@@H](O)C[C@](C)(C(=O)O1)[C@@]2(O)/C=C/C(=C/C(=O)O)CO. The van der Waals surface area contributed by atoms with Gasteiger partial charge in [0.1, 0.15) is 16.6 Å². The highest BCUT2D eigenvalue weighted by molar-refractivity contribution is 5.84. The molecule has 2 aliphatic rings. The Morgan fingerprint density at radius 1 is 1.41 bits per heavy atom. The molecule has 2 fully saturated rings. The minimum atomic E-state index is -1.71. The summed E-state index contributed by atoms with van der Waals surface area (Å²) in [6, 6.07) is 0. The lowest BCUT2D eigenvalue weighted by atomic mass is 9.59. The van der Waals surface area contributed by atoms with Gasteiger partial charge in [0.05, 0.1) is 12.7 Å². The van der Waals surface area contributed by atoms with Crippen LogP contribution in [0.4, 0.5) is 0 Å². The van der Waals surface area contributed by atoms with Gasteiger partial charge < -0.3 is 25.2 Å². The molecular weight excluding hydrogens is 292 g/mol. The summed E-state index contributed by atoms with van der Waals surface area (Å²) in [5.74, 6) is -1.83. The van der Waals surface area contributed by atoms with E-state index in [0.29, 0.717) is 0 Å². The Balaban J connectivity index is 2.44. The number of fused-ring (bicyclic) bond motifs is 2. The standard InChI is InChI=1S/C15H20O7/c1-13-6-10(17)7-14(2,22-12(13)20)15(13,21)4-3-9(8-16)5-11(18)19/h3-5,10,16-17,21H,6-8H2,1-2H3,(H,18,19)/b4-3+,9-5-/t10-,13+,14+,15-/m0/s1. The van der Waals surface area contributed by atoms with Gasteiger partial charge in [0.2, 0.25) is 0 Å². The number of aliphatic hydroxyl groups excluding tert-OH is 2. The Morgan fingerprint density at radius 3 is 2.55 bits per heavy atom. The molecule has 1 aliphatic heterocycles. The molecule has 0 radical (unpaired) electrons. The maximum absolute atomic E-state index is 12.2. The molecule has 2 rings (SSSR count). The van der Waals surface area contributed by atoms with Gasteiger partial charge >= 0.3 is 11.9 Å². The zero-order chi connectivity index (χ0) is 16.8. The molecule has 0 amide bonds. The molecule has 0 aromatic carbocycles. The highest BCUT2D eigenvalue weighted by Crippen LogP contribution is 2.58. The highest BCUT2D eigenvalue weighted by atomic mass is 16.6. The molecule has 122 valence electrons. The topological polar surface area (TPSA) is 124 Å². The molecule has 4 atom stereocenters. The van der Waals surface area contributed by atoms with Crippen molar-refractivity contribution in [2.45, 2.75) is 44.0 Å². The first-order chi connectivity index (χ1) is 10.1. The van der Waals surface area contributed by atoms with Gasteiger partial charge in [-0.1, -0.05) is 6.08 Å². The Hall–Kier alpha value is -1.70. The third-order valence-electron chi connectivity index (χ3n) is 4.72. The predicted octanol–water partition coefficient (Wildman–Crippen LogP) is -0.247. The van der Waals surface area contributed by atoms with Crippen molar-refractivity contribution >= 4 is 11.9 Å². The van der Waals surface area contributed by atoms with Crippen LogP contribution in [0.3, 0.4) is 0 Å². The number of hydrogen-bond donors (Lipinski definition) is 4. The van der Waals surface area contributed by atoms with Crippen LogP contribution in [0, 0.1) is 5.41 Å². The van der Waals surface area contributed by atoms with E-state index < -0.39 is 41.3 Å². The number of carbonyl (C=O) groups is 2. The van der Waals surface area contributed by atoms with Crippen LogP contribution in [0.25, 0.3) is 0 Å². The van der Waals surface area contributed by atoms with Crippen LogP contribution in [0.5, 0.6) is 0 Å². The van der Waals surface area contributed by atoms with Gasteiger partial charge in [0.15, 0.2) is 0 Å². The fourth-order valence-corrected chi connectivity index (χ4v) is 3.46. The van der Waals surface area contributed by atoms with E-state index in [1.165, 1.54) is 26.0 Å². The summed E-state index contributed by atoms with van der Waals surface area (Å²) in [5, 5.41) is 38.8. The van der Waals surface area contributed by atoms with Gasteiger partial charge in [-0.05, 0) is 31.9 Å². The Bertz CT molecular complexity index is 566. The molecule has 0 spiro atoms. The lowest BCUT2D eigenvalue weighted by Crippen LogP contribution is -2.61. The number of aliphatic hydroxyl groups is 3. The zero-order valence-corrected chi connectivity index (χ0v) is 12.4. The van der Waals surface area contributed by atoms with Crippen molar-refractivity contribution < 1.29 is 34.8 Å². The molecule has 1 aliphatic carbocycles. The van der Waals surface area contributed by atoms with Crippen LogP contribution in [0.15, 0.2) is 23.8 Å². The second-order valence-corrected chi connectivity index (χ2v) is 6.33. The molecule has 2 bridgehead atoms. The smallest absolute Gasteiger partial charge is 0.328 e. The summed E-state index contributed by atoms with van der Waals surface area (Å²) >= 11 is 0. The van der Waals surface area contributed by atoms with Crippen LogP contribution >= 0.6 is 0 Å². The van der Waals surface area contributed by atoms with E-state index in [0.717, 1.165) is 6.08 Å². The van der Waals surface area contributed by atoms with Crippen LogP contribution in [0.2, 0.25) is 0 Å². The minimum absolute atomic E-state index is 0.0410. The van der Waals surface area contributed by atoms with E-state index in [-0.39, 0.29) is 18.4 Å². The number of carbonyl (C=O) groups excluding carboxylic acids is 1. The molecule has 1 saturated heterocycles. The van der Waals surface area contributed by atoms with E-state index in [1.807, 2.05) is 0 Å². The lowest BCUT2D eigenvalue weighted by Gasteiger charge is -2.47. The van der Waals surface area contributed by atoms with Gasteiger partial charge in [0.25, 0.3) is 0 Å². The average molecular weight is 312 g/mol. The molecule has 0 unspecified atom stereocenters. The normalized spacial score (nSPS) is 41.8. The quantitative estimate of drug-likeness (QED) is 0.320. The number of hydrogen-bond acceptors (Lipinski definition) is 6. The fraction of sp³-hybridized carbons (Fsp3) is 0.600. The number of carboxylic acid groups (broad SMARTS) is 1. The average Bonchev–Trinajstić information content (AvgIpc) is 2.47. The van der Waals surface area contributed by atoms with Gasteiger partial charge in [-0.25, -0.2) is 4.79 Å². The first-order valence-corrected chi connectivity index (χ1v) is 6.95. The lowest BCUT2D eigenvalue weighted by molar-refractivity contribution is -0.156. The van der Waals surface area contributed by atoms with E-state index in [9.17, 15) is 19.8 Å². The van der Waals surface area contributed by atoms with Gasteiger partial charge in [0, 0.05) is 12.5 Å². The summed E-state index contributed by atoms with van der Waals surface area (Å²) in [5.41, 5.74) is -4.27. The van der Waals surface area contributed by atoms with E-state index in [2.05, 4.69) is 0 Å². The van der Waals surface area contributed by atoms with Gasteiger partial charge in [-0.3, -0.25) is 4.79 Å². The first-order valence-electron chi connectivity index (χ1n) is 6.95. The molecule has 1 heterocycles. The monoisotopic (exact) mass is 312 g/mol. The number of ether oxygens (including phenoxy) is 1. The van der Waals surface area contributed by atoms with E-state index >= 15 is 0 Å². The second-order valence-electron chi connectivity index (χ2n) is 6.33. The number of carboxylic acids is 1. The molecule has 0 aromatic heterocycles. The van der Waals surface area contributed by atoms with Crippen LogP contribution in [-0.2, 0) is 14.3 Å². The van der Waals surface area contributed by atoms with Gasteiger partial charge in [-0.2, -0.15) is 0 Å². The molecule has 0 aromatic rings. The highest BCUT2D eigenvalue weighted by Gasteiger charge is 2.72. The molecular formula is C15H20O7. The second kappa shape index (κ2) is 5.19. The predicted molar refractivity (Wildman–Crippen MR) is 74.7 cm³/mol. The maximum Gasteiger partial charge on any atom is 0.328 e. The van der Waals surface area contributed by atoms with Crippen molar-refractivity contribution in [3.63, 3.8) is 0 Å². The Morgan fingerprint density at radius 2 is 2.05 bits per heavy atom. The molecule has 1 saturated carbocycles. The van der Waals surface area contributed by atoms with Crippen molar-refractivity contribution in [3.05, 3.63) is 23.8 Å². The molecule has 7 heteroatoms. The first kappa shape index (κ1) is 16.7. The Kier molecular flexibility index (Phi) is 3.93. The number of aliphatic carboxylic acids is 1. The Labute approximate surface area is 127 Å². The number of esters is 1. The van der Waals surface area contributed by atoms with Crippen molar-refractivity contribution in [1.82, 2.24) is 0 Å². The summed E-state index contributed by atoms with van der Waals surface area (Å²) < 4.78 is 5.31. The van der Waals surface area contributed by atoms with Crippen molar-refractivity contribution in [2.24, 2.45) is 5.41 Å². The number of rotatable bonds is 4. The summed E-state index contributed by atoms with van der Waals surface area (Å²) in [7, 11) is 0. The maximum atomic E-state index is 12.2.